The number of hydrogen-bond acceptors (Lipinski definition) is 8. The Kier molecular flexibility index (Phi) is 12.4. The summed E-state index contributed by atoms with van der Waals surface area (Å²) in [4.78, 5) is 32.6. The molecule has 10 nitrogen and oxygen atoms in total. The van der Waals surface area contributed by atoms with Crippen LogP contribution in [0.25, 0.3) is 6.08 Å². The average Bonchev–Trinajstić information content (AvgIpc) is 2.89. The molecule has 1 aliphatic heterocycles. The third kappa shape index (κ3) is 8.60. The fraction of sp³-hybridized carbons (Fsp3) is 0.630. The number of nitrogens with one attached hydrogen (secondary N) is 2. The van der Waals surface area contributed by atoms with Crippen molar-refractivity contribution in [2.45, 2.75) is 63.9 Å². The molecule has 0 aliphatic carbocycles. The van der Waals surface area contributed by atoms with Gasteiger partial charge in [-0.1, -0.05) is 63.3 Å². The molecule has 38 heavy (non-hydrogen) atoms. The number of nitrogens with two attached hydrogens (primary N) is 1. The summed E-state index contributed by atoms with van der Waals surface area (Å²) in [6.07, 6.45) is 5.85. The Morgan fingerprint density at radius 2 is 1.89 bits per heavy atom. The van der Waals surface area contributed by atoms with E-state index in [1.807, 2.05) is 32.0 Å². The number of rotatable bonds is 14. The monoisotopic (exact) mass is 553 g/mol. The van der Waals surface area contributed by atoms with Gasteiger partial charge in [0.05, 0.1) is 11.8 Å². The van der Waals surface area contributed by atoms with E-state index < -0.39 is 50.4 Å². The van der Waals surface area contributed by atoms with Crippen molar-refractivity contribution < 1.29 is 32.7 Å². The Labute approximate surface area is 226 Å². The fourth-order valence-corrected chi connectivity index (χ4v) is 6.60. The molecule has 0 saturated carbocycles. The summed E-state index contributed by atoms with van der Waals surface area (Å²) in [7, 11) is -4.08. The zero-order valence-electron chi connectivity index (χ0n) is 22.8. The van der Waals surface area contributed by atoms with Crippen LogP contribution in [0.1, 0.15) is 58.4 Å². The van der Waals surface area contributed by atoms with Crippen molar-refractivity contribution >= 4 is 27.7 Å². The average molecular weight is 554 g/mol. The number of amides is 2. The van der Waals surface area contributed by atoms with Crippen molar-refractivity contribution in [1.29, 1.82) is 0 Å². The first kappa shape index (κ1) is 31.9. The first-order valence-electron chi connectivity index (χ1n) is 13.1. The number of carbonyl (C=O) groups excluding carboxylic acids is 2. The lowest BCUT2D eigenvalue weighted by Gasteiger charge is -2.41. The van der Waals surface area contributed by atoms with Gasteiger partial charge in [0.1, 0.15) is 4.75 Å². The van der Waals surface area contributed by atoms with Gasteiger partial charge in [0.15, 0.2) is 16.1 Å². The van der Waals surface area contributed by atoms with Gasteiger partial charge in [-0.15, -0.1) is 0 Å². The van der Waals surface area contributed by atoms with Crippen LogP contribution in [-0.4, -0.2) is 55.8 Å². The largest absolute Gasteiger partial charge is 0.396 e. The number of hydrazine groups is 1. The van der Waals surface area contributed by atoms with Crippen molar-refractivity contribution in [3.05, 3.63) is 42.0 Å². The molecule has 1 aliphatic rings. The van der Waals surface area contributed by atoms with Crippen LogP contribution in [-0.2, 0) is 29.0 Å². The number of hydroxylamine groups is 1. The minimum atomic E-state index is -4.08. The van der Waals surface area contributed by atoms with Crippen molar-refractivity contribution in [3.63, 3.8) is 0 Å². The second kappa shape index (κ2) is 14.7. The molecule has 0 aromatic heterocycles. The summed E-state index contributed by atoms with van der Waals surface area (Å²) in [5, 5.41) is 9.92. The van der Waals surface area contributed by atoms with Gasteiger partial charge in [-0.25, -0.2) is 24.6 Å². The van der Waals surface area contributed by atoms with Gasteiger partial charge in [-0.05, 0) is 43.1 Å². The zero-order valence-corrected chi connectivity index (χ0v) is 23.6. The molecule has 2 amide bonds. The molecule has 5 atom stereocenters. The number of ether oxygens (including phenoxy) is 1. The van der Waals surface area contributed by atoms with E-state index in [-0.39, 0.29) is 25.4 Å². The van der Waals surface area contributed by atoms with Gasteiger partial charge < -0.3 is 9.84 Å². The van der Waals surface area contributed by atoms with Crippen LogP contribution in [0, 0.1) is 23.7 Å². The summed E-state index contributed by atoms with van der Waals surface area (Å²) >= 11 is 0. The van der Waals surface area contributed by atoms with Crippen molar-refractivity contribution in [3.8, 4) is 0 Å². The lowest BCUT2D eigenvalue weighted by molar-refractivity contribution is -0.203. The molecule has 1 fully saturated rings. The summed E-state index contributed by atoms with van der Waals surface area (Å²) in [5.41, 5.74) is 5.24. The number of carbonyl (C=O) groups is 2. The molecular formula is C27H43N3O7S. The molecule has 0 bridgehead atoms. The Morgan fingerprint density at radius 3 is 2.42 bits per heavy atom. The zero-order chi connectivity index (χ0) is 28.3. The van der Waals surface area contributed by atoms with Crippen LogP contribution in [0.15, 0.2) is 36.4 Å². The lowest BCUT2D eigenvalue weighted by atomic mass is 9.72. The van der Waals surface area contributed by atoms with Crippen molar-refractivity contribution in [2.75, 3.05) is 19.5 Å². The van der Waals surface area contributed by atoms with E-state index in [1.165, 1.54) is 6.08 Å². The number of aliphatic hydroxyl groups is 1. The van der Waals surface area contributed by atoms with Gasteiger partial charge in [0.25, 0.3) is 0 Å². The molecule has 5 N–H and O–H groups in total. The summed E-state index contributed by atoms with van der Waals surface area (Å²) in [6, 6.07) is 9.05. The maximum absolute atomic E-state index is 13.9. The molecule has 1 aromatic rings. The molecular weight excluding hydrogens is 510 g/mol. The topological polar surface area (TPSA) is 157 Å². The molecule has 1 aromatic carbocycles. The molecule has 11 heteroatoms. The third-order valence-corrected chi connectivity index (χ3v) is 8.81. The Balaban J connectivity index is 2.72. The number of benzene rings is 1. The van der Waals surface area contributed by atoms with Crippen LogP contribution in [0.2, 0.25) is 0 Å². The minimum Gasteiger partial charge on any atom is -0.396 e. The van der Waals surface area contributed by atoms with Gasteiger partial charge in [-0.3, -0.25) is 15.0 Å². The molecule has 0 radical (unpaired) electrons. The fourth-order valence-electron chi connectivity index (χ4n) is 4.96. The Hall–Kier alpha value is -2.31. The molecule has 1 heterocycles. The second-order valence-electron chi connectivity index (χ2n) is 10.6. The normalized spacial score (nSPS) is 20.4. The lowest BCUT2D eigenvalue weighted by Crippen LogP contribution is -2.58. The van der Waals surface area contributed by atoms with Gasteiger partial charge in [0.2, 0.25) is 11.8 Å². The summed E-state index contributed by atoms with van der Waals surface area (Å²) < 4.78 is 31.1. The first-order valence-corrected chi connectivity index (χ1v) is 15.0. The van der Waals surface area contributed by atoms with Crippen LogP contribution in [0.3, 0.4) is 0 Å². The predicted octanol–water partition coefficient (Wildman–Crippen LogP) is 2.34. The highest BCUT2D eigenvalue weighted by atomic mass is 32.2. The number of hydrogen-bond donors (Lipinski definition) is 4. The maximum Gasteiger partial charge on any atom is 0.249 e. The SMILES string of the molecule is CC(C)C[C@@H](C(=O)NN)[C@@H](C(=O)NOC1CCCCO1)C(/C=C/c1ccccc1)(C[C@H](C)CO)S(C)(=O)=O. The van der Waals surface area contributed by atoms with Crippen LogP contribution >= 0.6 is 0 Å². The predicted molar refractivity (Wildman–Crippen MR) is 146 cm³/mol. The standard InChI is InChI=1S/C27H43N3O7S/c1-19(2)16-22(25(32)29-28)24(26(33)30-37-23-12-8-9-15-36-23)27(38(4,34)35,17-20(3)18-31)14-13-21-10-6-5-7-11-21/h5-7,10-11,13-14,19-20,22-24,31H,8-9,12,15-18,28H2,1-4H3,(H,29,32)(H,30,33)/b14-13+/t20-,22+,23?,24-,27?/m0/s1. The van der Waals surface area contributed by atoms with Gasteiger partial charge in [0, 0.05) is 25.9 Å². The highest BCUT2D eigenvalue weighted by Gasteiger charge is 2.55. The Morgan fingerprint density at radius 1 is 1.21 bits per heavy atom. The highest BCUT2D eigenvalue weighted by molar-refractivity contribution is 7.92. The van der Waals surface area contributed by atoms with Crippen molar-refractivity contribution in [1.82, 2.24) is 10.9 Å². The molecule has 2 rings (SSSR count). The van der Waals surface area contributed by atoms with Crippen LogP contribution in [0.4, 0.5) is 0 Å². The van der Waals surface area contributed by atoms with E-state index in [0.717, 1.165) is 19.1 Å². The quantitative estimate of drug-likeness (QED) is 0.155. The van der Waals surface area contributed by atoms with E-state index in [0.29, 0.717) is 18.6 Å². The van der Waals surface area contributed by atoms with E-state index in [1.54, 1.807) is 25.1 Å². The molecule has 214 valence electrons. The van der Waals surface area contributed by atoms with E-state index in [4.69, 9.17) is 15.4 Å². The van der Waals surface area contributed by atoms with E-state index in [2.05, 4.69) is 10.9 Å². The molecule has 1 saturated heterocycles. The van der Waals surface area contributed by atoms with Gasteiger partial charge in [-0.2, -0.15) is 0 Å². The van der Waals surface area contributed by atoms with Crippen LogP contribution < -0.4 is 16.7 Å². The van der Waals surface area contributed by atoms with E-state index in [9.17, 15) is 23.1 Å². The van der Waals surface area contributed by atoms with Crippen molar-refractivity contribution in [2.24, 2.45) is 29.5 Å². The highest BCUT2D eigenvalue weighted by Crippen LogP contribution is 2.42. The van der Waals surface area contributed by atoms with Crippen LogP contribution in [0.5, 0.6) is 0 Å². The Bertz CT molecular complexity index is 1030. The second-order valence-corrected chi connectivity index (χ2v) is 12.9. The molecule has 2 unspecified atom stereocenters. The number of sulfone groups is 1. The third-order valence-electron chi connectivity index (χ3n) is 6.87. The number of aliphatic hydroxyl groups excluding tert-OH is 1. The summed E-state index contributed by atoms with van der Waals surface area (Å²) in [6.45, 7) is 5.61. The maximum atomic E-state index is 13.9. The van der Waals surface area contributed by atoms with E-state index >= 15 is 0 Å². The van der Waals surface area contributed by atoms with Gasteiger partial charge >= 0.3 is 0 Å². The summed E-state index contributed by atoms with van der Waals surface area (Å²) in [5.74, 6) is 0.972. The minimum absolute atomic E-state index is 0.0687. The first-order chi connectivity index (χ1) is 17.9. The smallest absolute Gasteiger partial charge is 0.249 e. The molecule has 0 spiro atoms.